The Morgan fingerprint density at radius 3 is 1.05 bits per heavy atom. The van der Waals surface area contributed by atoms with E-state index in [1.165, 1.54) is 11.1 Å². The van der Waals surface area contributed by atoms with Gasteiger partial charge in [-0.05, 0) is 137 Å². The monoisotopic (exact) mass is 1890 g/mol. The van der Waals surface area contributed by atoms with E-state index in [-0.39, 0.29) is 49.3 Å². The van der Waals surface area contributed by atoms with Crippen molar-refractivity contribution >= 4 is 118 Å². The normalized spacial score (nSPS) is 21.0. The third-order valence-electron chi connectivity index (χ3n) is 18.9. The minimum atomic E-state index is -0.136. The molecule has 8 atom stereocenters. The van der Waals surface area contributed by atoms with Crippen LogP contribution in [0.1, 0.15) is 99.9 Å². The first-order valence-corrected chi connectivity index (χ1v) is 44.9. The van der Waals surface area contributed by atoms with Gasteiger partial charge in [0, 0.05) is 165 Å². The Hall–Kier alpha value is -15.0. The van der Waals surface area contributed by atoms with E-state index in [4.69, 9.17) is 43.7 Å². The molecule has 0 spiro atoms. The Morgan fingerprint density at radius 2 is 0.642 bits per heavy atom. The molecule has 16 heterocycles. The molecule has 1 saturated heterocycles. The molecule has 0 aliphatic carbocycles. The summed E-state index contributed by atoms with van der Waals surface area (Å²) in [5.74, 6) is 11.4. The number of rotatable bonds is 16. The maximum absolute atomic E-state index is 5.66. The number of hydrogen-bond acceptors (Lipinski definition) is 39. The minimum Gasteiger partial charge on any atom is -0.472 e. The Balaban J connectivity index is 0.000000172. The highest BCUT2D eigenvalue weighted by Crippen LogP contribution is 2.17. The Morgan fingerprint density at radius 1 is 0.321 bits per heavy atom. The lowest BCUT2D eigenvalue weighted by Crippen LogP contribution is -2.61. The SMILES string of the molecule is CC1N=C(N(C)C)N(C)C(N(C)Cc2ccoc2)=N1.CC1N=C(N(C)C)NC(=NCc2ccoc2)N1.CC1N=C(N(C)C)NC(N(C)Cc2ccoc2)=N1.CC1N=C(N)NC(=NCc2ccsc2)N1.CC1N=C(N)NC(N(C)Cc2ccoc2)=N1.CC1N=C(N)NC(N(C)Cc2ccsc2)=N1.CN=C1NC(=NCc2ccoc2)NC(C)N1.CN=C1NC(N(C)Cc2ccoc2)=NC(C)N1. The summed E-state index contributed by atoms with van der Waals surface area (Å²) in [4.78, 5) is 87.2. The summed E-state index contributed by atoms with van der Waals surface area (Å²) in [5, 5.41) is 45.2. The van der Waals surface area contributed by atoms with Gasteiger partial charge in [-0.2, -0.15) is 22.7 Å². The van der Waals surface area contributed by atoms with E-state index in [0.717, 1.165) is 125 Å². The topological polar surface area (TPSA) is 528 Å². The van der Waals surface area contributed by atoms with Crippen molar-refractivity contribution in [3.05, 3.63) is 190 Å². The summed E-state index contributed by atoms with van der Waals surface area (Å²) >= 11 is 3.36. The number of hydrogen-bond donors (Lipinski definition) is 15. The molecule has 18 N–H and O–H groups in total. The van der Waals surface area contributed by atoms with Crippen molar-refractivity contribution < 1.29 is 26.5 Å². The Bertz CT molecular complexity index is 5260. The van der Waals surface area contributed by atoms with Crippen molar-refractivity contribution in [3.8, 4) is 0 Å². The number of nitrogens with two attached hydrogens (primary N) is 3. The third-order valence-corrected chi connectivity index (χ3v) is 20.4. The van der Waals surface area contributed by atoms with Crippen LogP contribution in [0.5, 0.6) is 0 Å². The molecule has 16 rings (SSSR count). The van der Waals surface area contributed by atoms with Crippen LogP contribution in [0.15, 0.2) is 252 Å². The molecule has 8 unspecified atom stereocenters. The van der Waals surface area contributed by atoms with Crippen LogP contribution in [0.2, 0.25) is 0 Å². The van der Waals surface area contributed by atoms with Gasteiger partial charge >= 0.3 is 0 Å². The number of nitrogens with one attached hydrogen (secondary N) is 12. The van der Waals surface area contributed by atoms with Crippen LogP contribution >= 0.6 is 22.7 Å². The van der Waals surface area contributed by atoms with Gasteiger partial charge in [0.2, 0.25) is 47.7 Å². The quantitative estimate of drug-likeness (QED) is 0.0588. The summed E-state index contributed by atoms with van der Waals surface area (Å²) < 4.78 is 30.2. The fraction of sp³-hybridized carbons (Fsp3) is 0.442. The average Bonchev–Trinajstić information content (AvgIpc) is 1.76. The maximum atomic E-state index is 5.66. The molecule has 8 aliphatic rings. The van der Waals surface area contributed by atoms with Gasteiger partial charge in [0.25, 0.3) is 0 Å². The molecule has 134 heavy (non-hydrogen) atoms. The van der Waals surface area contributed by atoms with E-state index < -0.39 is 0 Å². The van der Waals surface area contributed by atoms with Gasteiger partial charge in [0.15, 0.2) is 47.7 Å². The molecule has 8 aliphatic heterocycles. The van der Waals surface area contributed by atoms with Crippen LogP contribution in [-0.2, 0) is 52.4 Å². The molecule has 1 fully saturated rings. The fourth-order valence-electron chi connectivity index (χ4n) is 12.6. The summed E-state index contributed by atoms with van der Waals surface area (Å²) in [7, 11) is 27.1. The molecule has 724 valence electrons. The Kier molecular flexibility index (Phi) is 40.0. The maximum Gasteiger partial charge on any atom is 0.205 e. The number of furan rings is 6. The van der Waals surface area contributed by atoms with Crippen molar-refractivity contribution in [2.75, 3.05) is 98.7 Å². The van der Waals surface area contributed by atoms with Crippen LogP contribution in [0.4, 0.5) is 0 Å². The fourth-order valence-corrected chi connectivity index (χ4v) is 13.9. The predicted octanol–water partition coefficient (Wildman–Crippen LogP) is 5.23. The summed E-state index contributed by atoms with van der Waals surface area (Å²) in [5.41, 5.74) is 25.9. The highest BCUT2D eigenvalue weighted by atomic mass is 32.1. The first kappa shape index (κ1) is 103. The molecule has 0 saturated carbocycles. The van der Waals surface area contributed by atoms with Crippen LogP contribution in [0.3, 0.4) is 0 Å². The molecule has 0 amide bonds. The second-order valence-corrected chi connectivity index (χ2v) is 33.3. The van der Waals surface area contributed by atoms with Gasteiger partial charge in [0.1, 0.15) is 43.2 Å². The average molecular weight is 1890 g/mol. The molecule has 8 aromatic rings. The lowest BCUT2D eigenvalue weighted by atomic mass is 10.3. The van der Waals surface area contributed by atoms with Crippen molar-refractivity contribution in [3.63, 3.8) is 0 Å². The van der Waals surface area contributed by atoms with E-state index in [0.29, 0.717) is 56.0 Å². The van der Waals surface area contributed by atoms with Gasteiger partial charge in [-0.25, -0.2) is 69.9 Å². The van der Waals surface area contributed by atoms with Gasteiger partial charge in [0.05, 0.1) is 101 Å². The second-order valence-electron chi connectivity index (χ2n) is 31.7. The molecule has 0 radical (unpaired) electrons. The molecule has 48 heteroatoms. The van der Waals surface area contributed by atoms with Crippen LogP contribution in [-0.4, -0.2) is 287 Å². The number of aliphatic imine (C=N–C) groups is 16. The zero-order valence-electron chi connectivity index (χ0n) is 80.3. The standard InChI is InChI=1S/C13H21N5O.C12H19N5O.2C11H17N5O.2C10H15N5O.C10H15N5S.C9H13N5S/c1-10-14-12(16(2)3)18(5)13(15-10)17(4)8-11-6-7-19-9-11;1-9-13-11(16(2)3)15-12(14-9)17(4)7-10-5-6-18-8-10;1-8-13-10(15-11(14-8)16(2)3)12-6-9-4-5-17-7-9;1-8-13-10(12-2)15-11(14-8)16(3)6-9-4-5-17-7-9;1-7-12-9(11)14-10(13-7)15(2)5-8-3-4-16-6-8;1-7-13-9(11-2)15-10(14-7)12-5-8-3-4-16-6-8;1-7-12-9(11)14-10(13-7)15(2)5-8-3-4-16-6-8;1-6-12-8(10)14-9(13-6)11-4-7-2-3-15-5-7/h6-7,9-10H,8H2,1-5H3;5-6,8-9H,7H2,1-4H3,(H,13,14,15);2*4-5,7-8H,6H2,1-3H3,(H2,12,13,14,15);3-4,6-7H,5H2,1-2H3,(H3,11,12,13,14);3-4,6-7H,5H2,1-2H3,(H3,11,12,13,14,15);3-4,6-7H,5H2,1-2H3,(H3,11,12,13,14);2-3,5-6H,4H2,1H3,(H4,10,11,12,13,14). The second kappa shape index (κ2) is 52.1. The van der Waals surface area contributed by atoms with Gasteiger partial charge in [-0.3, -0.25) is 52.1 Å². The zero-order valence-corrected chi connectivity index (χ0v) is 81.9. The van der Waals surface area contributed by atoms with Gasteiger partial charge < -0.3 is 109 Å². The van der Waals surface area contributed by atoms with E-state index >= 15 is 0 Å². The van der Waals surface area contributed by atoms with E-state index in [1.807, 2.05) is 221 Å². The van der Waals surface area contributed by atoms with Gasteiger partial charge in [-0.1, -0.05) is 0 Å². The third kappa shape index (κ3) is 35.0. The molecular formula is C86H132N40O6S2. The number of guanidine groups is 16. The van der Waals surface area contributed by atoms with E-state index in [1.54, 1.807) is 112 Å². The zero-order chi connectivity index (χ0) is 96.8. The molecular weight excluding hydrogens is 1750 g/mol. The summed E-state index contributed by atoms with van der Waals surface area (Å²) in [6.45, 7) is 21.2. The van der Waals surface area contributed by atoms with Crippen molar-refractivity contribution in [2.45, 2.75) is 157 Å². The first-order valence-electron chi connectivity index (χ1n) is 43.0. The Labute approximate surface area is 790 Å². The van der Waals surface area contributed by atoms with E-state index in [9.17, 15) is 0 Å². The van der Waals surface area contributed by atoms with Crippen molar-refractivity contribution in [1.82, 2.24) is 108 Å². The predicted molar refractivity (Wildman–Crippen MR) is 535 cm³/mol. The largest absolute Gasteiger partial charge is 0.472 e. The smallest absolute Gasteiger partial charge is 0.205 e. The molecule has 8 aromatic heterocycles. The lowest BCUT2D eigenvalue weighted by molar-refractivity contribution is 0.403. The summed E-state index contributed by atoms with van der Waals surface area (Å²) in [6.07, 6.45) is 20.0. The molecule has 0 bridgehead atoms. The first-order chi connectivity index (χ1) is 64.2. The highest BCUT2D eigenvalue weighted by Gasteiger charge is 2.27. The number of nitrogens with zero attached hydrogens (tertiary/aromatic N) is 25. The van der Waals surface area contributed by atoms with E-state index in [2.05, 4.69) is 177 Å². The minimum absolute atomic E-state index is 0.0209. The molecule has 46 nitrogen and oxygen atoms in total. The summed E-state index contributed by atoms with van der Waals surface area (Å²) in [6, 6.07) is 15.7. The van der Waals surface area contributed by atoms with Crippen LogP contribution in [0, 0.1) is 0 Å². The van der Waals surface area contributed by atoms with Crippen molar-refractivity contribution in [2.24, 2.45) is 97.1 Å². The van der Waals surface area contributed by atoms with Gasteiger partial charge in [-0.15, -0.1) is 0 Å². The van der Waals surface area contributed by atoms with Crippen molar-refractivity contribution in [1.29, 1.82) is 0 Å². The number of thiophene rings is 2. The highest BCUT2D eigenvalue weighted by molar-refractivity contribution is 7.08. The lowest BCUT2D eigenvalue weighted by Gasteiger charge is -2.35. The molecule has 0 aromatic carbocycles. The van der Waals surface area contributed by atoms with Crippen LogP contribution < -0.4 is 81.0 Å². The van der Waals surface area contributed by atoms with Crippen LogP contribution in [0.25, 0.3) is 0 Å².